The van der Waals surface area contributed by atoms with Crippen LogP contribution in [0, 0.1) is 13.8 Å². The van der Waals surface area contributed by atoms with Gasteiger partial charge >= 0.3 is 12.1 Å². The Morgan fingerprint density at radius 3 is 1.51 bits per heavy atom. The molecule has 5 aromatic carbocycles. The summed E-state index contributed by atoms with van der Waals surface area (Å²) in [6.45, 7) is 12.8. The van der Waals surface area contributed by atoms with Crippen molar-refractivity contribution >= 4 is 35.1 Å². The molecule has 4 amide bonds. The Morgan fingerprint density at radius 2 is 1.00 bits per heavy atom. The number of hydrogen-bond acceptors (Lipinski definition) is 8. The summed E-state index contributed by atoms with van der Waals surface area (Å²) in [6, 6.07) is 43.1. The molecule has 4 N–H and O–H groups in total. The van der Waals surface area contributed by atoms with Gasteiger partial charge in [-0.25, -0.2) is 19.0 Å². The highest BCUT2D eigenvalue weighted by Gasteiger charge is 2.39. The summed E-state index contributed by atoms with van der Waals surface area (Å²) in [5.74, 6) is 4.14. The van der Waals surface area contributed by atoms with Crippen LogP contribution in [0.3, 0.4) is 0 Å². The second kappa shape index (κ2) is 18.9. The van der Waals surface area contributed by atoms with Crippen LogP contribution in [0.15, 0.2) is 152 Å². The number of carbonyl (C=O) groups excluding carboxylic acids is 2. The molecule has 68 heavy (non-hydrogen) atoms. The number of amides is 4. The van der Waals surface area contributed by atoms with E-state index in [1.54, 1.807) is 53.5 Å². The van der Waals surface area contributed by atoms with Gasteiger partial charge in [0.15, 0.2) is 0 Å². The fraction of sp³-hybridized carbons (Fsp3) is 0.204. The standard InChI is InChI=1S/C27H27N5O2.C27H26N4O3/c1-18-4-8-20(9-5-18)32-25(23-12-15-27(2,3)24(23)31-32)30-26(33)29-19-6-10-21(11-7-19)34-22-13-16-28-17-14-22;1-18-9-13-20(14-10-18)31-25(23-17-33-27(2,3)24(23)30-31)29-26(32)28-19-11-15-22(16-12-19)34-21-7-5-4-6-8-21/h4-11,13-14,16-17H,12,15H2,1-3H3,(H2,29,30,33);4-16H,17H2,1-3H3,(H2,28,29,32). The van der Waals surface area contributed by atoms with Crippen molar-refractivity contribution in [1.29, 1.82) is 0 Å². The van der Waals surface area contributed by atoms with E-state index in [-0.39, 0.29) is 17.5 Å². The second-order valence-electron chi connectivity index (χ2n) is 17.9. The van der Waals surface area contributed by atoms with Gasteiger partial charge in [-0.3, -0.25) is 15.6 Å². The van der Waals surface area contributed by atoms with Crippen LogP contribution in [0.25, 0.3) is 11.4 Å². The Bertz CT molecular complexity index is 2830. The number of aromatic nitrogens is 5. The Hall–Kier alpha value is -8.23. The first-order valence-electron chi connectivity index (χ1n) is 22.5. The third kappa shape index (κ3) is 10.1. The van der Waals surface area contributed by atoms with Gasteiger partial charge < -0.3 is 24.8 Å². The van der Waals surface area contributed by atoms with Crippen molar-refractivity contribution in [3.8, 4) is 34.4 Å². The monoisotopic (exact) mass is 907 g/mol. The third-order valence-electron chi connectivity index (χ3n) is 11.9. The highest BCUT2D eigenvalue weighted by atomic mass is 16.5. The zero-order valence-corrected chi connectivity index (χ0v) is 38.8. The predicted octanol–water partition coefficient (Wildman–Crippen LogP) is 12.6. The van der Waals surface area contributed by atoms with Gasteiger partial charge in [0, 0.05) is 40.3 Å². The molecule has 8 aromatic rings. The number of rotatable bonds is 10. The highest BCUT2D eigenvalue weighted by molar-refractivity contribution is 6.01. The largest absolute Gasteiger partial charge is 0.457 e. The van der Waals surface area contributed by atoms with E-state index in [1.807, 2.05) is 129 Å². The zero-order valence-electron chi connectivity index (χ0n) is 38.8. The molecule has 0 spiro atoms. The molecule has 0 bridgehead atoms. The van der Waals surface area contributed by atoms with Gasteiger partial charge in [0.05, 0.1) is 23.7 Å². The molecule has 14 heteroatoms. The van der Waals surface area contributed by atoms with Crippen LogP contribution < -0.4 is 30.7 Å². The average Bonchev–Trinajstić information content (AvgIpc) is 4.06. The van der Waals surface area contributed by atoms with Crippen molar-refractivity contribution in [2.24, 2.45) is 0 Å². The zero-order chi connectivity index (χ0) is 47.4. The van der Waals surface area contributed by atoms with E-state index < -0.39 is 5.60 Å². The number of urea groups is 2. The molecular weight excluding hydrogens is 855 g/mol. The lowest BCUT2D eigenvalue weighted by Gasteiger charge is -2.17. The molecule has 14 nitrogen and oxygen atoms in total. The number of hydrogen-bond donors (Lipinski definition) is 4. The lowest BCUT2D eigenvalue weighted by molar-refractivity contribution is -0.0114. The molecule has 0 fully saturated rings. The second-order valence-corrected chi connectivity index (χ2v) is 17.9. The maximum Gasteiger partial charge on any atom is 0.324 e. The van der Waals surface area contributed by atoms with Crippen molar-refractivity contribution in [1.82, 2.24) is 24.5 Å². The number of pyridine rings is 1. The minimum Gasteiger partial charge on any atom is -0.457 e. The summed E-state index contributed by atoms with van der Waals surface area (Å²) in [7, 11) is 0. The fourth-order valence-electron chi connectivity index (χ4n) is 8.10. The van der Waals surface area contributed by atoms with Gasteiger partial charge in [-0.05, 0) is 138 Å². The molecule has 0 saturated heterocycles. The van der Waals surface area contributed by atoms with Crippen molar-refractivity contribution in [2.45, 2.75) is 72.0 Å². The Balaban J connectivity index is 0.000000170. The van der Waals surface area contributed by atoms with Crippen LogP contribution in [0.5, 0.6) is 23.0 Å². The minimum atomic E-state index is -0.521. The van der Waals surface area contributed by atoms with E-state index in [9.17, 15) is 9.59 Å². The molecule has 0 unspecified atom stereocenters. The van der Waals surface area contributed by atoms with Crippen LogP contribution >= 0.6 is 0 Å². The van der Waals surface area contributed by atoms with E-state index >= 15 is 0 Å². The minimum absolute atomic E-state index is 0.0250. The van der Waals surface area contributed by atoms with Gasteiger partial charge in [0.25, 0.3) is 0 Å². The summed E-state index contributed by atoms with van der Waals surface area (Å²) in [4.78, 5) is 29.9. The molecule has 0 saturated carbocycles. The topological polar surface area (TPSA) is 158 Å². The highest BCUT2D eigenvalue weighted by Crippen LogP contribution is 2.43. The van der Waals surface area contributed by atoms with Crippen molar-refractivity contribution in [3.05, 3.63) is 186 Å². The van der Waals surface area contributed by atoms with E-state index in [4.69, 9.17) is 24.4 Å². The van der Waals surface area contributed by atoms with Gasteiger partial charge in [0.1, 0.15) is 45.9 Å². The number of nitrogens with one attached hydrogen (secondary N) is 4. The number of anilines is 4. The Labute approximate surface area is 395 Å². The van der Waals surface area contributed by atoms with Crippen LogP contribution in [-0.4, -0.2) is 36.6 Å². The summed E-state index contributed by atoms with van der Waals surface area (Å²) in [5, 5.41) is 21.5. The van der Waals surface area contributed by atoms with E-state index in [0.717, 1.165) is 63.9 Å². The molecule has 2 aliphatic rings. The van der Waals surface area contributed by atoms with Crippen molar-refractivity contribution in [2.75, 3.05) is 21.3 Å². The summed E-state index contributed by atoms with van der Waals surface area (Å²) < 4.78 is 21.1. The Morgan fingerprint density at radius 1 is 0.544 bits per heavy atom. The van der Waals surface area contributed by atoms with Gasteiger partial charge in [0.2, 0.25) is 0 Å². The van der Waals surface area contributed by atoms with Gasteiger partial charge in [-0.1, -0.05) is 67.4 Å². The first-order chi connectivity index (χ1) is 32.8. The van der Waals surface area contributed by atoms with Gasteiger partial charge in [-0.15, -0.1) is 0 Å². The van der Waals surface area contributed by atoms with E-state index in [1.165, 1.54) is 5.56 Å². The van der Waals surface area contributed by atoms with Crippen LogP contribution in [-0.2, 0) is 28.8 Å². The maximum absolute atomic E-state index is 13.0. The summed E-state index contributed by atoms with van der Waals surface area (Å²) in [6.07, 6.45) is 5.24. The molecule has 10 rings (SSSR count). The predicted molar refractivity (Wildman–Crippen MR) is 265 cm³/mol. The number of fused-ring (bicyclic) bond motifs is 2. The average molecular weight is 908 g/mol. The molecule has 3 aromatic heterocycles. The molecule has 344 valence electrons. The molecule has 4 heterocycles. The smallest absolute Gasteiger partial charge is 0.324 e. The molecule has 0 atom stereocenters. The number of aryl methyl sites for hydroxylation is 2. The van der Waals surface area contributed by atoms with Crippen LogP contribution in [0.4, 0.5) is 32.6 Å². The normalized spacial score (nSPS) is 13.9. The first-order valence-corrected chi connectivity index (χ1v) is 22.5. The SMILES string of the molecule is Cc1ccc(-n2nc3c(c2NC(=O)Nc2ccc(Oc4ccccc4)cc2)COC3(C)C)cc1.Cc1ccc(-n2nc3c(c2NC(=O)Nc2ccc(Oc4ccncc4)cc2)CCC3(C)C)cc1. The van der Waals surface area contributed by atoms with Crippen LogP contribution in [0.1, 0.15) is 67.8 Å². The van der Waals surface area contributed by atoms with Crippen LogP contribution in [0.2, 0.25) is 0 Å². The fourth-order valence-corrected chi connectivity index (χ4v) is 8.10. The van der Waals surface area contributed by atoms with E-state index in [2.05, 4.69) is 47.0 Å². The molecule has 1 aliphatic heterocycles. The number of nitrogens with zero attached hydrogens (tertiary/aromatic N) is 5. The summed E-state index contributed by atoms with van der Waals surface area (Å²) >= 11 is 0. The summed E-state index contributed by atoms with van der Waals surface area (Å²) in [5.41, 5.74) is 8.73. The molecule has 1 aliphatic carbocycles. The number of carbonyl (C=O) groups is 2. The number of ether oxygens (including phenoxy) is 3. The Kier molecular flexibility index (Phi) is 12.5. The lowest BCUT2D eigenvalue weighted by atomic mass is 9.91. The first kappa shape index (κ1) is 44.9. The lowest BCUT2D eigenvalue weighted by Crippen LogP contribution is -2.22. The number of para-hydroxylation sites is 1. The number of benzene rings is 5. The van der Waals surface area contributed by atoms with E-state index in [0.29, 0.717) is 41.0 Å². The third-order valence-corrected chi connectivity index (χ3v) is 11.9. The molecular formula is C54H53N9O5. The van der Waals surface area contributed by atoms with Gasteiger partial charge in [-0.2, -0.15) is 10.2 Å². The maximum atomic E-state index is 13.0. The van der Waals surface area contributed by atoms with Crippen molar-refractivity contribution < 1.29 is 23.8 Å². The quantitative estimate of drug-likeness (QED) is 0.106. The molecule has 0 radical (unpaired) electrons. The van der Waals surface area contributed by atoms with Crippen molar-refractivity contribution in [3.63, 3.8) is 0 Å².